The number of anilines is 1. The zero-order valence-electron chi connectivity index (χ0n) is 15.4. The first-order chi connectivity index (χ1) is 13.8. The summed E-state index contributed by atoms with van der Waals surface area (Å²) in [5, 5.41) is 3.86. The lowest BCUT2D eigenvalue weighted by Gasteiger charge is -2.11. The van der Waals surface area contributed by atoms with Crippen LogP contribution >= 0.6 is 11.6 Å². The number of imidazole rings is 1. The summed E-state index contributed by atoms with van der Waals surface area (Å²) < 4.78 is 8.03. The van der Waals surface area contributed by atoms with Crippen LogP contribution < -0.4 is 10.1 Å². The summed E-state index contributed by atoms with van der Waals surface area (Å²) in [4.78, 5) is 8.21. The van der Waals surface area contributed by atoms with E-state index in [-0.39, 0.29) is 0 Å². The summed E-state index contributed by atoms with van der Waals surface area (Å²) >= 11 is 6.39. The van der Waals surface area contributed by atoms with Crippen molar-refractivity contribution >= 4 is 23.5 Å². The molecule has 5 nitrogen and oxygen atoms in total. The van der Waals surface area contributed by atoms with Gasteiger partial charge < -0.3 is 14.6 Å². The van der Waals surface area contributed by atoms with Gasteiger partial charge >= 0.3 is 0 Å². The molecule has 6 heteroatoms. The van der Waals surface area contributed by atoms with Gasteiger partial charge in [0.25, 0.3) is 0 Å². The van der Waals surface area contributed by atoms with E-state index in [1.165, 1.54) is 5.56 Å². The molecule has 0 amide bonds. The summed E-state index contributed by atoms with van der Waals surface area (Å²) in [5.74, 6) is 1.41. The molecule has 0 unspecified atom stereocenters. The van der Waals surface area contributed by atoms with E-state index in [0.717, 1.165) is 36.5 Å². The maximum atomic E-state index is 6.39. The number of rotatable bonds is 8. The van der Waals surface area contributed by atoms with Crippen molar-refractivity contribution in [3.8, 4) is 11.5 Å². The van der Waals surface area contributed by atoms with Crippen LogP contribution in [0.15, 0.2) is 78.0 Å². The van der Waals surface area contributed by atoms with Gasteiger partial charge in [0.05, 0.1) is 17.9 Å². The highest BCUT2D eigenvalue weighted by Crippen LogP contribution is 2.32. The minimum absolute atomic E-state index is 0.564. The van der Waals surface area contributed by atoms with Gasteiger partial charge in [0, 0.05) is 36.5 Å². The number of aromatic nitrogens is 2. The molecule has 0 spiro atoms. The Kier molecular flexibility index (Phi) is 5.73. The first-order valence-corrected chi connectivity index (χ1v) is 9.62. The Morgan fingerprint density at radius 3 is 2.75 bits per heavy atom. The van der Waals surface area contributed by atoms with Gasteiger partial charge in [-0.25, -0.2) is 4.98 Å². The Labute approximate surface area is 169 Å². The van der Waals surface area contributed by atoms with Crippen LogP contribution in [0, 0.1) is 0 Å². The van der Waals surface area contributed by atoms with Crippen molar-refractivity contribution in [3.05, 3.63) is 83.5 Å². The van der Waals surface area contributed by atoms with Crippen LogP contribution in [-0.2, 0) is 13.0 Å². The zero-order valence-corrected chi connectivity index (χ0v) is 16.1. The minimum atomic E-state index is 0.564. The summed E-state index contributed by atoms with van der Waals surface area (Å²) in [6.45, 7) is 1.64. The summed E-state index contributed by atoms with van der Waals surface area (Å²) in [5.41, 5.74) is 3.25. The average Bonchev–Trinajstić information content (AvgIpc) is 3.40. The molecule has 0 aliphatic carbocycles. The van der Waals surface area contributed by atoms with E-state index in [1.807, 2.05) is 48.9 Å². The van der Waals surface area contributed by atoms with E-state index in [0.29, 0.717) is 17.3 Å². The molecule has 4 rings (SSSR count). The maximum absolute atomic E-state index is 6.39. The van der Waals surface area contributed by atoms with Crippen LogP contribution in [0.5, 0.6) is 11.5 Å². The van der Waals surface area contributed by atoms with Gasteiger partial charge in [0.2, 0.25) is 0 Å². The topological polar surface area (TPSA) is 51.4 Å². The Morgan fingerprint density at radius 2 is 2.04 bits per heavy atom. The molecule has 0 saturated heterocycles. The molecule has 1 aromatic heterocycles. The number of aryl methyl sites for hydroxylation is 2. The first kappa shape index (κ1) is 18.3. The molecule has 0 bridgehead atoms. The zero-order chi connectivity index (χ0) is 19.2. The van der Waals surface area contributed by atoms with Crippen molar-refractivity contribution < 1.29 is 4.74 Å². The summed E-state index contributed by atoms with van der Waals surface area (Å²) in [6.07, 6.45) is 11.5. The second kappa shape index (κ2) is 8.76. The van der Waals surface area contributed by atoms with Gasteiger partial charge in [-0.05, 0) is 54.8 Å². The third kappa shape index (κ3) is 4.81. The summed E-state index contributed by atoms with van der Waals surface area (Å²) in [7, 11) is 0. The lowest BCUT2D eigenvalue weighted by atomic mass is 10.1. The predicted molar refractivity (Wildman–Crippen MR) is 114 cm³/mol. The van der Waals surface area contributed by atoms with E-state index in [4.69, 9.17) is 16.3 Å². The average molecular weight is 393 g/mol. The minimum Gasteiger partial charge on any atom is -0.456 e. The second-order valence-electron chi connectivity index (χ2n) is 6.60. The highest BCUT2D eigenvalue weighted by atomic mass is 35.5. The molecule has 2 aromatic carbocycles. The van der Waals surface area contributed by atoms with Crippen LogP contribution in [0.2, 0.25) is 5.02 Å². The van der Waals surface area contributed by atoms with E-state index < -0.39 is 0 Å². The van der Waals surface area contributed by atoms with E-state index in [1.54, 1.807) is 12.4 Å². The van der Waals surface area contributed by atoms with E-state index in [2.05, 4.69) is 32.0 Å². The monoisotopic (exact) mass is 392 g/mol. The van der Waals surface area contributed by atoms with Crippen LogP contribution in [0.1, 0.15) is 12.0 Å². The third-order valence-corrected chi connectivity index (χ3v) is 4.77. The molecule has 142 valence electrons. The third-order valence-electron chi connectivity index (χ3n) is 4.47. The van der Waals surface area contributed by atoms with Gasteiger partial charge in [0.1, 0.15) is 11.5 Å². The fourth-order valence-electron chi connectivity index (χ4n) is 3.01. The molecule has 1 aliphatic rings. The number of nitrogens with zero attached hydrogens (tertiary/aromatic N) is 3. The SMILES string of the molecule is Clc1cc(NC2=CC=NC2)ccc1Oc1ccc(CCCn2ccnc2)cc1. The van der Waals surface area contributed by atoms with Gasteiger partial charge in [-0.15, -0.1) is 0 Å². The highest BCUT2D eigenvalue weighted by molar-refractivity contribution is 6.32. The van der Waals surface area contributed by atoms with Crippen molar-refractivity contribution in [1.29, 1.82) is 0 Å². The Balaban J connectivity index is 1.32. The Bertz CT molecular complexity index is 978. The molecule has 0 saturated carbocycles. The molecular weight excluding hydrogens is 372 g/mol. The molecular formula is C22H21ClN4O. The standard InChI is InChI=1S/C22H21ClN4O/c23-21-14-18(26-19-9-10-24-15-19)5-8-22(21)28-20-6-3-17(4-7-20)2-1-12-27-13-11-25-16-27/h3-11,13-14,16,26H,1-2,12,15H2. The number of nitrogens with one attached hydrogen (secondary N) is 1. The molecule has 28 heavy (non-hydrogen) atoms. The smallest absolute Gasteiger partial charge is 0.146 e. The van der Waals surface area contributed by atoms with Crippen molar-refractivity contribution in [2.24, 2.45) is 4.99 Å². The maximum Gasteiger partial charge on any atom is 0.146 e. The first-order valence-electron chi connectivity index (χ1n) is 9.24. The molecule has 0 radical (unpaired) electrons. The molecule has 0 atom stereocenters. The number of allylic oxidation sites excluding steroid dienone is 1. The van der Waals surface area contributed by atoms with Crippen LogP contribution in [0.4, 0.5) is 5.69 Å². The van der Waals surface area contributed by atoms with E-state index in [9.17, 15) is 0 Å². The van der Waals surface area contributed by atoms with Gasteiger partial charge in [-0.2, -0.15) is 0 Å². The number of halogens is 1. The number of hydrogen-bond donors (Lipinski definition) is 1. The lowest BCUT2D eigenvalue weighted by Crippen LogP contribution is -2.00. The van der Waals surface area contributed by atoms with Crippen molar-refractivity contribution in [2.75, 3.05) is 11.9 Å². The Hall–Kier alpha value is -3.05. The van der Waals surface area contributed by atoms with Crippen molar-refractivity contribution in [1.82, 2.24) is 9.55 Å². The number of ether oxygens (including phenoxy) is 1. The molecule has 0 fully saturated rings. The second-order valence-corrected chi connectivity index (χ2v) is 7.01. The fraction of sp³-hybridized carbons (Fsp3) is 0.182. The largest absolute Gasteiger partial charge is 0.456 e. The van der Waals surface area contributed by atoms with Gasteiger partial charge in [0.15, 0.2) is 0 Å². The molecule has 2 heterocycles. The molecule has 3 aromatic rings. The Morgan fingerprint density at radius 1 is 1.14 bits per heavy atom. The predicted octanol–water partition coefficient (Wildman–Crippen LogP) is 5.34. The molecule has 1 N–H and O–H groups in total. The lowest BCUT2D eigenvalue weighted by molar-refractivity contribution is 0.482. The van der Waals surface area contributed by atoms with Crippen LogP contribution in [-0.4, -0.2) is 22.3 Å². The van der Waals surface area contributed by atoms with Gasteiger partial charge in [-0.1, -0.05) is 23.7 Å². The van der Waals surface area contributed by atoms with E-state index >= 15 is 0 Å². The number of hydrogen-bond acceptors (Lipinski definition) is 4. The number of benzene rings is 2. The van der Waals surface area contributed by atoms with Crippen molar-refractivity contribution in [2.45, 2.75) is 19.4 Å². The van der Waals surface area contributed by atoms with Crippen LogP contribution in [0.25, 0.3) is 0 Å². The quantitative estimate of drug-likeness (QED) is 0.562. The normalized spacial score (nSPS) is 12.8. The highest BCUT2D eigenvalue weighted by Gasteiger charge is 2.07. The van der Waals surface area contributed by atoms with Crippen LogP contribution in [0.3, 0.4) is 0 Å². The fourth-order valence-corrected chi connectivity index (χ4v) is 3.23. The number of aliphatic imine (C=N–C) groups is 1. The summed E-state index contributed by atoms with van der Waals surface area (Å²) in [6, 6.07) is 13.8. The van der Waals surface area contributed by atoms with Crippen molar-refractivity contribution in [3.63, 3.8) is 0 Å². The molecule has 1 aliphatic heterocycles. The van der Waals surface area contributed by atoms with Gasteiger partial charge in [-0.3, -0.25) is 4.99 Å².